The predicted octanol–water partition coefficient (Wildman–Crippen LogP) is 5.49. The van der Waals surface area contributed by atoms with Crippen molar-refractivity contribution in [3.63, 3.8) is 0 Å². The third-order valence-corrected chi connectivity index (χ3v) is 4.95. The number of aliphatic imine (C=N–C) groups is 1. The van der Waals surface area contributed by atoms with Crippen molar-refractivity contribution in [2.24, 2.45) is 4.99 Å². The summed E-state index contributed by atoms with van der Waals surface area (Å²) >= 11 is 0. The van der Waals surface area contributed by atoms with E-state index in [4.69, 9.17) is 14.2 Å². The molecule has 31 heavy (non-hydrogen) atoms. The van der Waals surface area contributed by atoms with Gasteiger partial charge < -0.3 is 14.2 Å². The Bertz CT molecular complexity index is 1170. The second kappa shape index (κ2) is 8.88. The van der Waals surface area contributed by atoms with Gasteiger partial charge in [-0.1, -0.05) is 54.1 Å². The van der Waals surface area contributed by atoms with E-state index in [0.717, 1.165) is 22.3 Å². The van der Waals surface area contributed by atoms with E-state index >= 15 is 0 Å². The van der Waals surface area contributed by atoms with Crippen LogP contribution in [0.25, 0.3) is 6.08 Å². The average molecular weight is 413 g/mol. The minimum atomic E-state index is -0.478. The third-order valence-electron chi connectivity index (χ3n) is 4.95. The maximum absolute atomic E-state index is 12.3. The zero-order chi connectivity index (χ0) is 21.8. The number of nitrogens with zero attached hydrogens (tertiary/aromatic N) is 1. The molecule has 156 valence electrons. The first kappa shape index (κ1) is 20.4. The number of esters is 1. The number of methoxy groups -OCH3 is 1. The Labute approximate surface area is 181 Å². The van der Waals surface area contributed by atoms with Crippen LogP contribution < -0.4 is 9.47 Å². The fourth-order valence-corrected chi connectivity index (χ4v) is 3.32. The van der Waals surface area contributed by atoms with Crippen molar-refractivity contribution in [3.05, 3.63) is 101 Å². The van der Waals surface area contributed by atoms with Crippen molar-refractivity contribution in [2.75, 3.05) is 7.11 Å². The van der Waals surface area contributed by atoms with E-state index in [1.165, 1.54) is 0 Å². The van der Waals surface area contributed by atoms with Gasteiger partial charge in [0.2, 0.25) is 5.90 Å². The number of cyclic esters (lactones) is 1. The van der Waals surface area contributed by atoms with Crippen LogP contribution in [0.1, 0.15) is 35.3 Å². The summed E-state index contributed by atoms with van der Waals surface area (Å²) in [5.74, 6) is 1.03. The summed E-state index contributed by atoms with van der Waals surface area (Å²) in [5.41, 5.74) is 3.91. The summed E-state index contributed by atoms with van der Waals surface area (Å²) < 4.78 is 17.0. The molecule has 0 N–H and O–H groups in total. The minimum absolute atomic E-state index is 0.134. The number of ether oxygens (including phenoxy) is 3. The van der Waals surface area contributed by atoms with Gasteiger partial charge in [0, 0.05) is 5.56 Å². The van der Waals surface area contributed by atoms with E-state index in [0.29, 0.717) is 17.4 Å². The van der Waals surface area contributed by atoms with Crippen molar-refractivity contribution < 1.29 is 19.0 Å². The van der Waals surface area contributed by atoms with Crippen LogP contribution in [-0.4, -0.2) is 19.0 Å². The van der Waals surface area contributed by atoms with Crippen molar-refractivity contribution in [3.8, 4) is 11.5 Å². The number of benzene rings is 3. The first-order valence-electron chi connectivity index (χ1n) is 10.0. The van der Waals surface area contributed by atoms with Gasteiger partial charge >= 0.3 is 5.97 Å². The Hall–Kier alpha value is -3.86. The first-order valence-corrected chi connectivity index (χ1v) is 10.0. The van der Waals surface area contributed by atoms with E-state index in [2.05, 4.69) is 4.99 Å². The van der Waals surface area contributed by atoms with Gasteiger partial charge in [0.05, 0.1) is 7.11 Å². The lowest BCUT2D eigenvalue weighted by molar-refractivity contribution is -0.129. The van der Waals surface area contributed by atoms with Gasteiger partial charge in [-0.05, 0) is 55.3 Å². The van der Waals surface area contributed by atoms with Crippen LogP contribution in [-0.2, 0) is 9.53 Å². The molecule has 0 aromatic heterocycles. The summed E-state index contributed by atoms with van der Waals surface area (Å²) in [6.07, 6.45) is 1.54. The van der Waals surface area contributed by atoms with Crippen LogP contribution in [0.3, 0.4) is 0 Å². The SMILES string of the molecule is COc1cc(/C=C2/N=C(c3cccc(C)c3)OC2=O)ccc1O[C@@H](C)c1ccccc1. The van der Waals surface area contributed by atoms with Gasteiger partial charge in [0.25, 0.3) is 0 Å². The van der Waals surface area contributed by atoms with E-state index < -0.39 is 5.97 Å². The van der Waals surface area contributed by atoms with Gasteiger partial charge in [0.15, 0.2) is 17.2 Å². The Balaban J connectivity index is 1.57. The summed E-state index contributed by atoms with van der Waals surface area (Å²) in [6.45, 7) is 3.97. The van der Waals surface area contributed by atoms with E-state index in [-0.39, 0.29) is 11.8 Å². The molecule has 0 saturated carbocycles. The van der Waals surface area contributed by atoms with Gasteiger partial charge in [0.1, 0.15) is 6.10 Å². The van der Waals surface area contributed by atoms with Crippen LogP contribution in [0.5, 0.6) is 11.5 Å². The lowest BCUT2D eigenvalue weighted by Crippen LogP contribution is -2.05. The summed E-state index contributed by atoms with van der Waals surface area (Å²) in [7, 11) is 1.59. The highest BCUT2D eigenvalue weighted by atomic mass is 16.6. The maximum Gasteiger partial charge on any atom is 0.363 e. The lowest BCUT2D eigenvalue weighted by atomic mass is 10.1. The fraction of sp³-hybridized carbons (Fsp3) is 0.154. The molecule has 5 nitrogen and oxygen atoms in total. The van der Waals surface area contributed by atoms with Gasteiger partial charge in [-0.3, -0.25) is 0 Å². The predicted molar refractivity (Wildman–Crippen MR) is 120 cm³/mol. The number of carbonyl (C=O) groups is 1. The molecule has 0 radical (unpaired) electrons. The summed E-state index contributed by atoms with van der Waals surface area (Å²) in [4.78, 5) is 16.7. The Morgan fingerprint density at radius 2 is 1.77 bits per heavy atom. The number of carbonyl (C=O) groups excluding carboxylic acids is 1. The number of rotatable bonds is 6. The average Bonchev–Trinajstić information content (AvgIpc) is 3.15. The van der Waals surface area contributed by atoms with Crippen molar-refractivity contribution in [1.82, 2.24) is 0 Å². The Morgan fingerprint density at radius 3 is 2.52 bits per heavy atom. The molecular weight excluding hydrogens is 390 g/mol. The van der Waals surface area contributed by atoms with Crippen LogP contribution in [0.4, 0.5) is 0 Å². The number of hydrogen-bond donors (Lipinski definition) is 0. The van der Waals surface area contributed by atoms with Gasteiger partial charge in [-0.15, -0.1) is 0 Å². The first-order chi connectivity index (χ1) is 15.0. The van der Waals surface area contributed by atoms with E-state index in [1.54, 1.807) is 13.2 Å². The molecular formula is C26H23NO4. The molecule has 1 aliphatic rings. The molecule has 1 heterocycles. The lowest BCUT2D eigenvalue weighted by Gasteiger charge is -2.17. The van der Waals surface area contributed by atoms with Gasteiger partial charge in [-0.25, -0.2) is 9.79 Å². The fourth-order valence-electron chi connectivity index (χ4n) is 3.32. The second-order valence-electron chi connectivity index (χ2n) is 7.29. The summed E-state index contributed by atoms with van der Waals surface area (Å²) in [5, 5.41) is 0. The molecule has 0 bridgehead atoms. The standard InChI is InChI=1S/C26H23NO4/c1-17-8-7-11-21(14-17)25-27-22(26(28)31-25)15-19-12-13-23(24(16-19)29-3)30-18(2)20-9-5-4-6-10-20/h4-16,18H,1-3H3/b22-15+/t18-/m0/s1. The number of aryl methyl sites for hydroxylation is 1. The highest BCUT2D eigenvalue weighted by Gasteiger charge is 2.24. The van der Waals surface area contributed by atoms with Crippen LogP contribution in [0.15, 0.2) is 83.5 Å². The van der Waals surface area contributed by atoms with Crippen LogP contribution >= 0.6 is 0 Å². The minimum Gasteiger partial charge on any atom is -0.493 e. The highest BCUT2D eigenvalue weighted by Crippen LogP contribution is 2.33. The Morgan fingerprint density at radius 1 is 0.968 bits per heavy atom. The molecule has 1 atom stereocenters. The Kier molecular flexibility index (Phi) is 5.85. The molecule has 5 heteroatoms. The zero-order valence-electron chi connectivity index (χ0n) is 17.7. The molecule has 0 fully saturated rings. The largest absolute Gasteiger partial charge is 0.493 e. The maximum atomic E-state index is 12.3. The number of hydrogen-bond acceptors (Lipinski definition) is 5. The van der Waals surface area contributed by atoms with Crippen molar-refractivity contribution in [2.45, 2.75) is 20.0 Å². The van der Waals surface area contributed by atoms with Crippen molar-refractivity contribution >= 4 is 17.9 Å². The molecule has 0 aliphatic carbocycles. The summed E-state index contributed by atoms with van der Waals surface area (Å²) in [6, 6.07) is 23.1. The molecule has 4 rings (SSSR count). The third kappa shape index (κ3) is 4.67. The van der Waals surface area contributed by atoms with E-state index in [9.17, 15) is 4.79 Å². The quantitative estimate of drug-likeness (QED) is 0.396. The molecule has 3 aromatic carbocycles. The second-order valence-corrected chi connectivity index (χ2v) is 7.29. The molecule has 0 spiro atoms. The molecule has 1 aliphatic heterocycles. The van der Waals surface area contributed by atoms with E-state index in [1.807, 2.05) is 86.6 Å². The zero-order valence-corrected chi connectivity index (χ0v) is 17.7. The molecule has 0 unspecified atom stereocenters. The molecule has 0 saturated heterocycles. The highest BCUT2D eigenvalue weighted by molar-refractivity contribution is 6.12. The molecule has 0 amide bonds. The topological polar surface area (TPSA) is 57.1 Å². The van der Waals surface area contributed by atoms with Crippen LogP contribution in [0, 0.1) is 6.92 Å². The smallest absolute Gasteiger partial charge is 0.363 e. The van der Waals surface area contributed by atoms with Gasteiger partial charge in [-0.2, -0.15) is 0 Å². The molecule has 3 aromatic rings. The van der Waals surface area contributed by atoms with Crippen LogP contribution in [0.2, 0.25) is 0 Å². The normalized spacial score (nSPS) is 15.4. The van der Waals surface area contributed by atoms with Crippen molar-refractivity contribution in [1.29, 1.82) is 0 Å². The monoisotopic (exact) mass is 413 g/mol.